The summed E-state index contributed by atoms with van der Waals surface area (Å²) in [5.74, 6) is -0.580. The van der Waals surface area contributed by atoms with E-state index in [4.69, 9.17) is 4.74 Å². The summed E-state index contributed by atoms with van der Waals surface area (Å²) < 4.78 is 46.7. The molecule has 0 bridgehead atoms. The van der Waals surface area contributed by atoms with E-state index in [1.807, 2.05) is 0 Å². The van der Waals surface area contributed by atoms with E-state index in [1.54, 1.807) is 39.0 Å². The first kappa shape index (κ1) is 23.8. The number of thiazole rings is 1. The topological polar surface area (TPSA) is 88.6 Å². The maximum atomic E-state index is 14.0. The third kappa shape index (κ3) is 4.98. The highest BCUT2D eigenvalue weighted by atomic mass is 32.2. The predicted molar refractivity (Wildman–Crippen MR) is 123 cm³/mol. The number of anilines is 1. The van der Waals surface area contributed by atoms with Gasteiger partial charge < -0.3 is 10.1 Å². The summed E-state index contributed by atoms with van der Waals surface area (Å²) in [6, 6.07) is 10.5. The minimum Gasteiger partial charge on any atom is -0.492 e. The number of hydrogen-bond acceptors (Lipinski definition) is 6. The monoisotopic (exact) mass is 477 g/mol. The summed E-state index contributed by atoms with van der Waals surface area (Å²) in [7, 11) is -3.72. The zero-order valence-electron chi connectivity index (χ0n) is 18.0. The molecule has 3 rings (SSSR count). The van der Waals surface area contributed by atoms with Crippen LogP contribution in [0.5, 0.6) is 5.75 Å². The largest absolute Gasteiger partial charge is 0.492 e. The van der Waals surface area contributed by atoms with Gasteiger partial charge in [-0.1, -0.05) is 26.0 Å². The Morgan fingerprint density at radius 2 is 1.88 bits per heavy atom. The quantitative estimate of drug-likeness (QED) is 0.485. The van der Waals surface area contributed by atoms with Crippen molar-refractivity contribution in [1.29, 1.82) is 0 Å². The van der Waals surface area contributed by atoms with Crippen LogP contribution in [0, 0.1) is 5.82 Å². The van der Waals surface area contributed by atoms with Crippen LogP contribution in [0.4, 0.5) is 10.1 Å². The van der Waals surface area contributed by atoms with Gasteiger partial charge in [0.2, 0.25) is 10.0 Å². The first-order chi connectivity index (χ1) is 15.3. The molecule has 0 aliphatic rings. The highest BCUT2D eigenvalue weighted by molar-refractivity contribution is 7.89. The molecule has 0 aliphatic carbocycles. The Balaban J connectivity index is 1.92. The van der Waals surface area contributed by atoms with Crippen molar-refractivity contribution in [2.75, 3.05) is 25.0 Å². The normalized spacial score (nSPS) is 11.5. The van der Waals surface area contributed by atoms with Crippen molar-refractivity contribution in [2.24, 2.45) is 0 Å². The molecule has 1 amide bonds. The van der Waals surface area contributed by atoms with Crippen LogP contribution in [0.2, 0.25) is 0 Å². The third-order valence-electron chi connectivity index (χ3n) is 4.68. The van der Waals surface area contributed by atoms with Crippen LogP contribution in [0.1, 0.15) is 30.4 Å². The third-order valence-corrected chi connectivity index (χ3v) is 7.75. The van der Waals surface area contributed by atoms with Gasteiger partial charge in [0.25, 0.3) is 5.91 Å². The first-order valence-electron chi connectivity index (χ1n) is 10.1. The zero-order chi connectivity index (χ0) is 23.3. The number of carbonyl (C=O) groups is 1. The van der Waals surface area contributed by atoms with E-state index in [0.29, 0.717) is 36.0 Å². The molecular formula is C22H24FN3O4S2. The number of hydrogen-bond donors (Lipinski definition) is 1. The van der Waals surface area contributed by atoms with Crippen molar-refractivity contribution in [2.45, 2.75) is 25.7 Å². The standard InChI is InChI=1S/C22H24FN3O4S2/c1-4-26(5-2)32(28,29)15-11-12-19(30-6-3)18(13-15)25-21(27)20-14-24-22(31-20)16-9-7-8-10-17(16)23/h7-14H,4-6H2,1-3H3,(H,25,27). The summed E-state index contributed by atoms with van der Waals surface area (Å²) in [4.78, 5) is 17.3. The number of halogens is 1. The smallest absolute Gasteiger partial charge is 0.267 e. The van der Waals surface area contributed by atoms with E-state index in [-0.39, 0.29) is 15.5 Å². The first-order valence-corrected chi connectivity index (χ1v) is 12.4. The van der Waals surface area contributed by atoms with Crippen molar-refractivity contribution < 1.29 is 22.3 Å². The number of amides is 1. The Kier molecular flexibility index (Phi) is 7.60. The minimum atomic E-state index is -3.72. The number of nitrogens with zero attached hydrogens (tertiary/aromatic N) is 2. The Morgan fingerprint density at radius 1 is 1.16 bits per heavy atom. The molecule has 0 aliphatic heterocycles. The number of nitrogens with one attached hydrogen (secondary N) is 1. The number of rotatable bonds is 9. The van der Waals surface area contributed by atoms with Crippen LogP contribution in [0.15, 0.2) is 53.6 Å². The molecule has 0 atom stereocenters. The number of aromatic nitrogens is 1. The van der Waals surface area contributed by atoms with Crippen LogP contribution < -0.4 is 10.1 Å². The van der Waals surface area contributed by atoms with Crippen LogP contribution in [-0.4, -0.2) is 43.3 Å². The molecule has 0 unspecified atom stereocenters. The molecule has 7 nitrogen and oxygen atoms in total. The Morgan fingerprint density at radius 3 is 2.53 bits per heavy atom. The average molecular weight is 478 g/mol. The van der Waals surface area contributed by atoms with E-state index >= 15 is 0 Å². The van der Waals surface area contributed by atoms with Gasteiger partial charge in [-0.2, -0.15) is 4.31 Å². The van der Waals surface area contributed by atoms with Crippen molar-refractivity contribution in [1.82, 2.24) is 9.29 Å². The summed E-state index contributed by atoms with van der Waals surface area (Å²) in [5, 5.41) is 3.08. The number of sulfonamides is 1. The lowest BCUT2D eigenvalue weighted by molar-refractivity contribution is 0.102. The van der Waals surface area contributed by atoms with Gasteiger partial charge in [0, 0.05) is 18.7 Å². The van der Waals surface area contributed by atoms with Gasteiger partial charge in [-0.3, -0.25) is 4.79 Å². The molecule has 10 heteroatoms. The maximum Gasteiger partial charge on any atom is 0.267 e. The van der Waals surface area contributed by atoms with Gasteiger partial charge in [-0.05, 0) is 37.3 Å². The second-order valence-corrected chi connectivity index (χ2v) is 9.61. The van der Waals surface area contributed by atoms with Crippen LogP contribution in [0.25, 0.3) is 10.6 Å². The number of ether oxygens (including phenoxy) is 1. The molecule has 3 aromatic rings. The van der Waals surface area contributed by atoms with E-state index < -0.39 is 21.7 Å². The SMILES string of the molecule is CCOc1ccc(S(=O)(=O)N(CC)CC)cc1NC(=O)c1cnc(-c2ccccc2F)s1. The van der Waals surface area contributed by atoms with Crippen molar-refractivity contribution in [3.63, 3.8) is 0 Å². The van der Waals surface area contributed by atoms with Crippen LogP contribution in [0.3, 0.4) is 0 Å². The molecule has 0 saturated heterocycles. The Bertz CT molecular complexity index is 1210. The Hall–Kier alpha value is -2.82. The molecule has 0 radical (unpaired) electrons. The molecule has 0 fully saturated rings. The highest BCUT2D eigenvalue weighted by Crippen LogP contribution is 2.31. The van der Waals surface area contributed by atoms with E-state index in [0.717, 1.165) is 11.3 Å². The summed E-state index contributed by atoms with van der Waals surface area (Å²) >= 11 is 1.04. The summed E-state index contributed by atoms with van der Waals surface area (Å²) in [6.45, 7) is 6.30. The predicted octanol–water partition coefficient (Wildman–Crippen LogP) is 4.63. The average Bonchev–Trinajstić information content (AvgIpc) is 3.26. The Labute approximate surface area is 190 Å². The van der Waals surface area contributed by atoms with Crippen LogP contribution >= 0.6 is 11.3 Å². The lowest BCUT2D eigenvalue weighted by atomic mass is 10.2. The van der Waals surface area contributed by atoms with Crippen molar-refractivity contribution in [3.05, 3.63) is 59.4 Å². The molecule has 0 saturated carbocycles. The lowest BCUT2D eigenvalue weighted by Crippen LogP contribution is -2.30. The van der Waals surface area contributed by atoms with E-state index in [9.17, 15) is 17.6 Å². The number of carbonyl (C=O) groups excluding carboxylic acids is 1. The second kappa shape index (κ2) is 10.2. The highest BCUT2D eigenvalue weighted by Gasteiger charge is 2.24. The molecule has 2 aromatic carbocycles. The second-order valence-electron chi connectivity index (χ2n) is 6.64. The molecular weight excluding hydrogens is 453 g/mol. The lowest BCUT2D eigenvalue weighted by Gasteiger charge is -2.20. The summed E-state index contributed by atoms with van der Waals surface area (Å²) in [6.07, 6.45) is 1.36. The zero-order valence-corrected chi connectivity index (χ0v) is 19.6. The molecule has 0 spiro atoms. The molecule has 32 heavy (non-hydrogen) atoms. The van der Waals surface area contributed by atoms with E-state index in [1.165, 1.54) is 34.8 Å². The number of benzene rings is 2. The van der Waals surface area contributed by atoms with Gasteiger partial charge in [0.1, 0.15) is 21.5 Å². The minimum absolute atomic E-state index is 0.0521. The van der Waals surface area contributed by atoms with Gasteiger partial charge in [-0.15, -0.1) is 11.3 Å². The fourth-order valence-corrected chi connectivity index (χ4v) is 5.41. The van der Waals surface area contributed by atoms with E-state index in [2.05, 4.69) is 10.3 Å². The van der Waals surface area contributed by atoms with Crippen LogP contribution in [-0.2, 0) is 10.0 Å². The fourth-order valence-electron chi connectivity index (χ4n) is 3.08. The van der Waals surface area contributed by atoms with Gasteiger partial charge in [0.15, 0.2) is 0 Å². The molecule has 1 aromatic heterocycles. The van der Waals surface area contributed by atoms with Gasteiger partial charge in [-0.25, -0.2) is 17.8 Å². The molecule has 170 valence electrons. The fraction of sp³-hybridized carbons (Fsp3) is 0.273. The maximum absolute atomic E-state index is 14.0. The summed E-state index contributed by atoms with van der Waals surface area (Å²) in [5.41, 5.74) is 0.532. The van der Waals surface area contributed by atoms with Gasteiger partial charge >= 0.3 is 0 Å². The van der Waals surface area contributed by atoms with Crippen molar-refractivity contribution >= 4 is 33.0 Å². The van der Waals surface area contributed by atoms with Gasteiger partial charge in [0.05, 0.1) is 23.4 Å². The van der Waals surface area contributed by atoms with Crippen molar-refractivity contribution in [3.8, 4) is 16.3 Å². The molecule has 1 N–H and O–H groups in total. The molecule has 1 heterocycles.